The fourth-order valence-corrected chi connectivity index (χ4v) is 1.89. The third-order valence-electron chi connectivity index (χ3n) is 2.55. The first-order valence-electron chi connectivity index (χ1n) is 5.20. The molecular formula is C12H7BrN4O. The van der Waals surface area contributed by atoms with E-state index in [0.717, 1.165) is 5.39 Å². The first kappa shape index (κ1) is 11.0. The van der Waals surface area contributed by atoms with E-state index in [1.54, 1.807) is 43.0 Å². The standard InChI is InChI=1S/C12H7BrN4O/c13-11-2-1-9(6-15-11)17-12(18)10-7-14-4-3-8(10)5-16-17/h1-7H. The number of halogens is 1. The van der Waals surface area contributed by atoms with Crippen molar-refractivity contribution in [2.24, 2.45) is 0 Å². The zero-order chi connectivity index (χ0) is 12.5. The highest BCUT2D eigenvalue weighted by Gasteiger charge is 2.06. The summed E-state index contributed by atoms with van der Waals surface area (Å²) in [6.07, 6.45) is 6.40. The van der Waals surface area contributed by atoms with Crippen molar-refractivity contribution >= 4 is 26.7 Å². The van der Waals surface area contributed by atoms with Crippen molar-refractivity contribution in [1.82, 2.24) is 19.7 Å². The average Bonchev–Trinajstić information content (AvgIpc) is 2.41. The second kappa shape index (κ2) is 4.30. The van der Waals surface area contributed by atoms with Crippen LogP contribution in [-0.2, 0) is 0 Å². The Labute approximate surface area is 110 Å². The van der Waals surface area contributed by atoms with Crippen LogP contribution in [0.2, 0.25) is 0 Å². The van der Waals surface area contributed by atoms with Gasteiger partial charge in [0.25, 0.3) is 5.56 Å². The predicted molar refractivity (Wildman–Crippen MR) is 70.6 cm³/mol. The molecule has 0 aromatic carbocycles. The van der Waals surface area contributed by atoms with Crippen molar-refractivity contribution in [3.05, 3.63) is 57.9 Å². The van der Waals surface area contributed by atoms with Crippen LogP contribution in [0.15, 0.2) is 52.4 Å². The Morgan fingerprint density at radius 1 is 1.11 bits per heavy atom. The molecule has 3 heterocycles. The molecule has 3 aromatic rings. The van der Waals surface area contributed by atoms with Crippen LogP contribution >= 0.6 is 15.9 Å². The molecule has 0 saturated carbocycles. The lowest BCUT2D eigenvalue weighted by Gasteiger charge is -2.04. The Kier molecular flexibility index (Phi) is 2.64. The second-order valence-electron chi connectivity index (χ2n) is 3.66. The first-order chi connectivity index (χ1) is 8.75. The molecule has 0 aliphatic heterocycles. The van der Waals surface area contributed by atoms with Gasteiger partial charge in [-0.25, -0.2) is 4.98 Å². The number of fused-ring (bicyclic) bond motifs is 1. The highest BCUT2D eigenvalue weighted by atomic mass is 79.9. The van der Waals surface area contributed by atoms with Gasteiger partial charge in [-0.2, -0.15) is 9.78 Å². The van der Waals surface area contributed by atoms with Crippen molar-refractivity contribution in [1.29, 1.82) is 0 Å². The molecule has 0 saturated heterocycles. The molecule has 3 rings (SSSR count). The summed E-state index contributed by atoms with van der Waals surface area (Å²) in [6.45, 7) is 0. The summed E-state index contributed by atoms with van der Waals surface area (Å²) in [6, 6.07) is 5.29. The quantitative estimate of drug-likeness (QED) is 0.645. The smallest absolute Gasteiger partial charge is 0.267 e. The van der Waals surface area contributed by atoms with Crippen molar-refractivity contribution in [2.45, 2.75) is 0 Å². The van der Waals surface area contributed by atoms with E-state index in [1.165, 1.54) is 4.68 Å². The van der Waals surface area contributed by atoms with Gasteiger partial charge in [0.05, 0.1) is 23.5 Å². The van der Waals surface area contributed by atoms with Gasteiger partial charge in [-0.1, -0.05) is 0 Å². The molecule has 0 fully saturated rings. The molecule has 0 atom stereocenters. The molecule has 5 nitrogen and oxygen atoms in total. The molecule has 0 amide bonds. The molecule has 6 heteroatoms. The van der Waals surface area contributed by atoms with E-state index in [9.17, 15) is 4.79 Å². The van der Waals surface area contributed by atoms with Crippen LogP contribution in [0, 0.1) is 0 Å². The van der Waals surface area contributed by atoms with Crippen LogP contribution in [0.4, 0.5) is 0 Å². The highest BCUT2D eigenvalue weighted by Crippen LogP contribution is 2.10. The van der Waals surface area contributed by atoms with Crippen LogP contribution in [0.25, 0.3) is 16.5 Å². The van der Waals surface area contributed by atoms with Gasteiger partial charge in [0.2, 0.25) is 0 Å². The number of pyridine rings is 2. The zero-order valence-corrected chi connectivity index (χ0v) is 10.7. The maximum atomic E-state index is 12.2. The number of hydrogen-bond acceptors (Lipinski definition) is 4. The van der Waals surface area contributed by atoms with E-state index in [0.29, 0.717) is 15.7 Å². The van der Waals surface area contributed by atoms with E-state index in [-0.39, 0.29) is 5.56 Å². The molecule has 0 aliphatic carbocycles. The van der Waals surface area contributed by atoms with Crippen LogP contribution in [0.3, 0.4) is 0 Å². The number of rotatable bonds is 1. The van der Waals surface area contributed by atoms with Gasteiger partial charge in [-0.15, -0.1) is 0 Å². The summed E-state index contributed by atoms with van der Waals surface area (Å²) < 4.78 is 2.02. The number of aromatic nitrogens is 4. The molecule has 18 heavy (non-hydrogen) atoms. The van der Waals surface area contributed by atoms with E-state index in [4.69, 9.17) is 0 Å². The van der Waals surface area contributed by atoms with E-state index >= 15 is 0 Å². The summed E-state index contributed by atoms with van der Waals surface area (Å²) in [5, 5.41) is 5.44. The van der Waals surface area contributed by atoms with Crippen LogP contribution in [0.1, 0.15) is 0 Å². The second-order valence-corrected chi connectivity index (χ2v) is 4.48. The maximum Gasteiger partial charge on any atom is 0.280 e. The summed E-state index contributed by atoms with van der Waals surface area (Å²) in [5.41, 5.74) is 0.415. The van der Waals surface area contributed by atoms with Gasteiger partial charge in [0.1, 0.15) is 4.60 Å². The van der Waals surface area contributed by atoms with Gasteiger partial charge in [0.15, 0.2) is 0 Å². The van der Waals surface area contributed by atoms with Gasteiger partial charge < -0.3 is 0 Å². The molecule has 0 radical (unpaired) electrons. The molecule has 0 N–H and O–H groups in total. The summed E-state index contributed by atoms with van der Waals surface area (Å²) in [5.74, 6) is 0. The zero-order valence-electron chi connectivity index (χ0n) is 9.12. The van der Waals surface area contributed by atoms with E-state index in [2.05, 4.69) is 31.0 Å². The monoisotopic (exact) mass is 302 g/mol. The molecular weight excluding hydrogens is 296 g/mol. The minimum Gasteiger partial charge on any atom is -0.267 e. The van der Waals surface area contributed by atoms with Crippen LogP contribution in [-0.4, -0.2) is 19.7 Å². The first-order valence-corrected chi connectivity index (χ1v) is 5.99. The van der Waals surface area contributed by atoms with Crippen molar-refractivity contribution < 1.29 is 0 Å². The van der Waals surface area contributed by atoms with Crippen molar-refractivity contribution in [3.8, 4) is 5.69 Å². The van der Waals surface area contributed by atoms with Crippen molar-refractivity contribution in [2.75, 3.05) is 0 Å². The number of nitrogens with zero attached hydrogens (tertiary/aromatic N) is 4. The summed E-state index contributed by atoms with van der Waals surface area (Å²) in [7, 11) is 0. The van der Waals surface area contributed by atoms with E-state index in [1.807, 2.05) is 0 Å². The Morgan fingerprint density at radius 3 is 2.78 bits per heavy atom. The summed E-state index contributed by atoms with van der Waals surface area (Å²) in [4.78, 5) is 20.3. The third-order valence-corrected chi connectivity index (χ3v) is 3.02. The summed E-state index contributed by atoms with van der Waals surface area (Å²) >= 11 is 3.25. The lowest BCUT2D eigenvalue weighted by Crippen LogP contribution is -2.21. The highest BCUT2D eigenvalue weighted by molar-refractivity contribution is 9.10. The molecule has 0 unspecified atom stereocenters. The Balaban J connectivity index is 2.27. The SMILES string of the molecule is O=c1c2cnccc2cnn1-c1ccc(Br)nc1. The molecule has 0 spiro atoms. The van der Waals surface area contributed by atoms with E-state index < -0.39 is 0 Å². The number of hydrogen-bond donors (Lipinski definition) is 0. The fourth-order valence-electron chi connectivity index (χ4n) is 1.66. The predicted octanol–water partition coefficient (Wildman–Crippen LogP) is 1.94. The lowest BCUT2D eigenvalue weighted by molar-refractivity contribution is 0.815. The minimum absolute atomic E-state index is 0.204. The molecule has 0 bridgehead atoms. The Morgan fingerprint density at radius 2 is 2.00 bits per heavy atom. The fraction of sp³-hybridized carbons (Fsp3) is 0. The van der Waals surface area contributed by atoms with Gasteiger partial charge >= 0.3 is 0 Å². The Hall–Kier alpha value is -2.08. The topological polar surface area (TPSA) is 60.7 Å². The third kappa shape index (κ3) is 1.80. The Bertz CT molecular complexity index is 767. The largest absolute Gasteiger partial charge is 0.280 e. The maximum absolute atomic E-state index is 12.2. The van der Waals surface area contributed by atoms with Crippen LogP contribution < -0.4 is 5.56 Å². The molecule has 0 aliphatic rings. The minimum atomic E-state index is -0.204. The van der Waals surface area contributed by atoms with Gasteiger partial charge in [0, 0.05) is 17.8 Å². The van der Waals surface area contributed by atoms with Gasteiger partial charge in [-0.3, -0.25) is 9.78 Å². The molecule has 88 valence electrons. The van der Waals surface area contributed by atoms with Gasteiger partial charge in [-0.05, 0) is 34.1 Å². The molecule has 3 aromatic heterocycles. The lowest BCUT2D eigenvalue weighted by atomic mass is 10.2. The van der Waals surface area contributed by atoms with Crippen molar-refractivity contribution in [3.63, 3.8) is 0 Å². The van der Waals surface area contributed by atoms with Crippen LogP contribution in [0.5, 0.6) is 0 Å². The average molecular weight is 303 g/mol. The normalized spacial score (nSPS) is 10.7.